The van der Waals surface area contributed by atoms with E-state index >= 15 is 0 Å². The molecular formula is C9H13ClN4. The first-order valence-corrected chi connectivity index (χ1v) is 4.52. The van der Waals surface area contributed by atoms with E-state index in [0.717, 1.165) is 11.3 Å². The first kappa shape index (κ1) is 10.8. The zero-order valence-corrected chi connectivity index (χ0v) is 8.89. The van der Waals surface area contributed by atoms with Crippen LogP contribution in [0.4, 0.5) is 5.69 Å². The number of halogens is 1. The van der Waals surface area contributed by atoms with E-state index in [1.807, 2.05) is 25.1 Å². The maximum absolute atomic E-state index is 5.95. The second-order valence-corrected chi connectivity index (χ2v) is 3.16. The Labute approximate surface area is 88.1 Å². The Morgan fingerprint density at radius 1 is 1.50 bits per heavy atom. The number of rotatable bonds is 1. The summed E-state index contributed by atoms with van der Waals surface area (Å²) in [5.41, 5.74) is 4.29. The standard InChI is InChI=1S/C9H13ClN4/c1-6-7(10)4-3-5-8(6)13-9(12-2)14-11/h3-5H,11H2,1-2H3,(H2,12,13,14). The Morgan fingerprint density at radius 3 is 2.79 bits per heavy atom. The lowest BCUT2D eigenvalue weighted by Gasteiger charge is -2.11. The Morgan fingerprint density at radius 2 is 2.21 bits per heavy atom. The van der Waals surface area contributed by atoms with Crippen LogP contribution in [0.5, 0.6) is 0 Å². The van der Waals surface area contributed by atoms with Gasteiger partial charge in [-0.2, -0.15) is 0 Å². The highest BCUT2D eigenvalue weighted by Crippen LogP contribution is 2.22. The number of nitrogens with zero attached hydrogens (tertiary/aromatic N) is 1. The van der Waals surface area contributed by atoms with Gasteiger partial charge in [0.05, 0.1) is 0 Å². The van der Waals surface area contributed by atoms with E-state index in [0.29, 0.717) is 11.0 Å². The molecule has 0 heterocycles. The number of hydrogen-bond donors (Lipinski definition) is 3. The summed E-state index contributed by atoms with van der Waals surface area (Å²) >= 11 is 5.95. The molecule has 0 amide bonds. The average molecular weight is 213 g/mol. The first-order valence-electron chi connectivity index (χ1n) is 4.14. The Hall–Kier alpha value is -1.26. The molecule has 4 nitrogen and oxygen atoms in total. The summed E-state index contributed by atoms with van der Waals surface area (Å²) in [6, 6.07) is 5.60. The summed E-state index contributed by atoms with van der Waals surface area (Å²) in [7, 11) is 1.64. The molecular weight excluding hydrogens is 200 g/mol. The largest absolute Gasteiger partial charge is 0.325 e. The van der Waals surface area contributed by atoms with Gasteiger partial charge in [-0.3, -0.25) is 10.4 Å². The Bertz CT molecular complexity index is 349. The van der Waals surface area contributed by atoms with Gasteiger partial charge in [-0.05, 0) is 24.6 Å². The van der Waals surface area contributed by atoms with Crippen molar-refractivity contribution >= 4 is 23.2 Å². The first-order chi connectivity index (χ1) is 6.69. The Balaban J connectivity index is 2.92. The molecule has 1 aromatic carbocycles. The number of aliphatic imine (C=N–C) groups is 1. The van der Waals surface area contributed by atoms with E-state index in [4.69, 9.17) is 17.4 Å². The molecule has 0 saturated heterocycles. The van der Waals surface area contributed by atoms with Gasteiger partial charge in [0.2, 0.25) is 5.96 Å². The van der Waals surface area contributed by atoms with Gasteiger partial charge < -0.3 is 5.32 Å². The maximum atomic E-state index is 5.95. The van der Waals surface area contributed by atoms with Crippen LogP contribution in [0.1, 0.15) is 5.56 Å². The molecule has 4 N–H and O–H groups in total. The minimum absolute atomic E-state index is 0.496. The van der Waals surface area contributed by atoms with Crippen LogP contribution in [0.15, 0.2) is 23.2 Å². The van der Waals surface area contributed by atoms with Gasteiger partial charge in [-0.25, -0.2) is 5.84 Å². The molecule has 76 valence electrons. The van der Waals surface area contributed by atoms with Crippen LogP contribution in [0.3, 0.4) is 0 Å². The summed E-state index contributed by atoms with van der Waals surface area (Å²) in [6.45, 7) is 1.93. The van der Waals surface area contributed by atoms with Crippen LogP contribution in [-0.4, -0.2) is 13.0 Å². The van der Waals surface area contributed by atoms with E-state index in [-0.39, 0.29) is 0 Å². The van der Waals surface area contributed by atoms with E-state index in [1.165, 1.54) is 0 Å². The predicted molar refractivity (Wildman–Crippen MR) is 60.5 cm³/mol. The maximum Gasteiger partial charge on any atom is 0.209 e. The summed E-state index contributed by atoms with van der Waals surface area (Å²) in [5.74, 6) is 5.74. The van der Waals surface area contributed by atoms with E-state index in [1.54, 1.807) is 7.05 Å². The molecule has 0 atom stereocenters. The molecule has 5 heteroatoms. The number of hydrazine groups is 1. The highest BCUT2D eigenvalue weighted by molar-refractivity contribution is 6.31. The van der Waals surface area contributed by atoms with E-state index in [2.05, 4.69) is 15.7 Å². The summed E-state index contributed by atoms with van der Waals surface area (Å²) in [6.07, 6.45) is 0. The van der Waals surface area contributed by atoms with Crippen LogP contribution >= 0.6 is 11.6 Å². The SMILES string of the molecule is CN=C(NN)Nc1cccc(Cl)c1C. The van der Waals surface area contributed by atoms with Crippen molar-refractivity contribution < 1.29 is 0 Å². The molecule has 1 rings (SSSR count). The number of hydrogen-bond acceptors (Lipinski definition) is 2. The smallest absolute Gasteiger partial charge is 0.209 e. The minimum atomic E-state index is 0.496. The minimum Gasteiger partial charge on any atom is -0.325 e. The van der Waals surface area contributed by atoms with Crippen molar-refractivity contribution in [3.8, 4) is 0 Å². The van der Waals surface area contributed by atoms with Gasteiger partial charge in [-0.15, -0.1) is 0 Å². The van der Waals surface area contributed by atoms with Crippen molar-refractivity contribution in [1.29, 1.82) is 0 Å². The normalized spacial score (nSPS) is 11.3. The van der Waals surface area contributed by atoms with Crippen LogP contribution in [0.2, 0.25) is 5.02 Å². The molecule has 14 heavy (non-hydrogen) atoms. The van der Waals surface area contributed by atoms with E-state index in [9.17, 15) is 0 Å². The summed E-state index contributed by atoms with van der Waals surface area (Å²) < 4.78 is 0. The molecule has 0 spiro atoms. The van der Waals surface area contributed by atoms with Crippen LogP contribution in [0.25, 0.3) is 0 Å². The molecule has 1 aromatic rings. The van der Waals surface area contributed by atoms with Gasteiger partial charge in [-0.1, -0.05) is 17.7 Å². The number of anilines is 1. The fraction of sp³-hybridized carbons (Fsp3) is 0.222. The van der Waals surface area contributed by atoms with Gasteiger partial charge in [0.15, 0.2) is 0 Å². The van der Waals surface area contributed by atoms with Crippen molar-refractivity contribution in [2.75, 3.05) is 12.4 Å². The summed E-state index contributed by atoms with van der Waals surface area (Å²) in [5, 5.41) is 3.73. The molecule has 0 saturated carbocycles. The second-order valence-electron chi connectivity index (χ2n) is 2.75. The van der Waals surface area contributed by atoms with Crippen LogP contribution < -0.4 is 16.6 Å². The monoisotopic (exact) mass is 212 g/mol. The van der Waals surface area contributed by atoms with Crippen LogP contribution in [-0.2, 0) is 0 Å². The van der Waals surface area contributed by atoms with Gasteiger partial charge in [0.1, 0.15) is 0 Å². The van der Waals surface area contributed by atoms with Crippen molar-refractivity contribution in [3.63, 3.8) is 0 Å². The molecule has 0 radical (unpaired) electrons. The number of nitrogens with one attached hydrogen (secondary N) is 2. The molecule has 0 fully saturated rings. The third kappa shape index (κ3) is 2.37. The number of nitrogens with two attached hydrogens (primary N) is 1. The zero-order chi connectivity index (χ0) is 10.6. The molecule has 0 aliphatic rings. The quantitative estimate of drug-likeness (QED) is 0.286. The molecule has 0 aromatic heterocycles. The van der Waals surface area contributed by atoms with Gasteiger partial charge >= 0.3 is 0 Å². The lowest BCUT2D eigenvalue weighted by atomic mass is 10.2. The van der Waals surface area contributed by atoms with Crippen LogP contribution in [0, 0.1) is 6.92 Å². The third-order valence-corrected chi connectivity index (χ3v) is 2.29. The fourth-order valence-corrected chi connectivity index (χ4v) is 1.20. The fourth-order valence-electron chi connectivity index (χ4n) is 1.03. The predicted octanol–water partition coefficient (Wildman–Crippen LogP) is 1.51. The van der Waals surface area contributed by atoms with Crippen molar-refractivity contribution in [1.82, 2.24) is 5.43 Å². The van der Waals surface area contributed by atoms with Crippen molar-refractivity contribution in [3.05, 3.63) is 28.8 Å². The van der Waals surface area contributed by atoms with Crippen molar-refractivity contribution in [2.24, 2.45) is 10.8 Å². The number of guanidine groups is 1. The lowest BCUT2D eigenvalue weighted by Crippen LogP contribution is -2.36. The number of benzene rings is 1. The highest BCUT2D eigenvalue weighted by atomic mass is 35.5. The third-order valence-electron chi connectivity index (χ3n) is 1.88. The lowest BCUT2D eigenvalue weighted by molar-refractivity contribution is 1.01. The van der Waals surface area contributed by atoms with E-state index < -0.39 is 0 Å². The molecule has 0 aliphatic carbocycles. The highest BCUT2D eigenvalue weighted by Gasteiger charge is 2.02. The van der Waals surface area contributed by atoms with Gasteiger partial charge in [0.25, 0.3) is 0 Å². The van der Waals surface area contributed by atoms with Gasteiger partial charge in [0, 0.05) is 17.8 Å². The zero-order valence-electron chi connectivity index (χ0n) is 8.13. The average Bonchev–Trinajstić information content (AvgIpc) is 2.20. The topological polar surface area (TPSA) is 62.4 Å². The Kier molecular flexibility index (Phi) is 3.73. The summed E-state index contributed by atoms with van der Waals surface area (Å²) in [4.78, 5) is 3.90. The molecule has 0 aliphatic heterocycles. The second kappa shape index (κ2) is 4.83. The molecule has 0 bridgehead atoms. The van der Waals surface area contributed by atoms with Crippen molar-refractivity contribution in [2.45, 2.75) is 6.92 Å². The molecule has 0 unspecified atom stereocenters.